The second kappa shape index (κ2) is 7.36. The normalized spacial score (nSPS) is 12.3. The molecule has 0 saturated carbocycles. The maximum atomic E-state index is 12.6. The van der Waals surface area contributed by atoms with Crippen LogP contribution in [0, 0.1) is 6.92 Å². The minimum Gasteiger partial charge on any atom is -0.266 e. The largest absolute Gasteiger partial charge is 0.416 e. The smallest absolute Gasteiger partial charge is 0.266 e. The highest BCUT2D eigenvalue weighted by Gasteiger charge is 2.30. The van der Waals surface area contributed by atoms with Crippen LogP contribution in [-0.4, -0.2) is 15.0 Å². The summed E-state index contributed by atoms with van der Waals surface area (Å²) in [7, 11) is -3.84. The lowest BCUT2D eigenvalue weighted by atomic mass is 10.1. The van der Waals surface area contributed by atoms with Crippen LogP contribution in [0.5, 0.6) is 0 Å². The molecule has 0 atom stereocenters. The Balaban J connectivity index is 1.90. The fraction of sp³-hybridized carbons (Fsp3) is 0.294. The summed E-state index contributed by atoms with van der Waals surface area (Å²) in [6, 6.07) is 11.2. The van der Waals surface area contributed by atoms with Crippen molar-refractivity contribution in [3.8, 4) is 0 Å². The van der Waals surface area contributed by atoms with Crippen molar-refractivity contribution in [3.63, 3.8) is 0 Å². The molecule has 0 aromatic heterocycles. The summed E-state index contributed by atoms with van der Waals surface area (Å²) in [5.41, 5.74) is 0.702. The third-order valence-electron chi connectivity index (χ3n) is 3.41. The lowest BCUT2D eigenvalue weighted by Crippen LogP contribution is -2.09. The van der Waals surface area contributed by atoms with Crippen LogP contribution in [-0.2, 0) is 26.9 Å². The number of aryl methyl sites for hydroxylation is 2. The van der Waals surface area contributed by atoms with Crippen molar-refractivity contribution in [1.29, 1.82) is 0 Å². The highest BCUT2D eigenvalue weighted by atomic mass is 32.2. The summed E-state index contributed by atoms with van der Waals surface area (Å²) in [6.07, 6.45) is -3.79. The van der Waals surface area contributed by atoms with E-state index in [1.165, 1.54) is 18.2 Å². The van der Waals surface area contributed by atoms with Crippen LogP contribution in [0.4, 0.5) is 13.2 Å². The predicted octanol–water partition coefficient (Wildman–Crippen LogP) is 4.35. The Hall–Kier alpha value is -1.86. The van der Waals surface area contributed by atoms with Gasteiger partial charge in [-0.1, -0.05) is 35.9 Å². The molecule has 7 heteroatoms. The minimum atomic E-state index is -4.39. The average Bonchev–Trinajstić information content (AvgIpc) is 2.51. The van der Waals surface area contributed by atoms with Gasteiger partial charge in [-0.3, -0.25) is 4.18 Å². The molecule has 2 aromatic carbocycles. The van der Waals surface area contributed by atoms with Gasteiger partial charge in [0.2, 0.25) is 0 Å². The maximum Gasteiger partial charge on any atom is 0.416 e. The molecule has 0 aliphatic carbocycles. The first-order valence-electron chi connectivity index (χ1n) is 7.31. The molecule has 130 valence electrons. The highest BCUT2D eigenvalue weighted by molar-refractivity contribution is 7.86. The second-order valence-electron chi connectivity index (χ2n) is 5.39. The molecule has 0 fully saturated rings. The monoisotopic (exact) mass is 358 g/mol. The number of hydrogen-bond donors (Lipinski definition) is 0. The van der Waals surface area contributed by atoms with Gasteiger partial charge in [0.05, 0.1) is 17.1 Å². The van der Waals surface area contributed by atoms with Gasteiger partial charge in [0.25, 0.3) is 10.1 Å². The van der Waals surface area contributed by atoms with Crippen molar-refractivity contribution in [2.75, 3.05) is 6.61 Å². The number of benzene rings is 2. The van der Waals surface area contributed by atoms with Gasteiger partial charge in [-0.2, -0.15) is 21.6 Å². The second-order valence-corrected chi connectivity index (χ2v) is 7.01. The number of halogens is 3. The van der Waals surface area contributed by atoms with E-state index in [4.69, 9.17) is 4.18 Å². The summed E-state index contributed by atoms with van der Waals surface area (Å²) >= 11 is 0. The molecular formula is C17H17F3O3S. The van der Waals surface area contributed by atoms with Crippen molar-refractivity contribution >= 4 is 10.1 Å². The third-order valence-corrected chi connectivity index (χ3v) is 4.74. The van der Waals surface area contributed by atoms with Crippen LogP contribution in [0.15, 0.2) is 53.4 Å². The van der Waals surface area contributed by atoms with E-state index in [0.717, 1.165) is 17.7 Å². The Morgan fingerprint density at radius 2 is 1.71 bits per heavy atom. The Labute approximate surface area is 139 Å². The van der Waals surface area contributed by atoms with Gasteiger partial charge in [0.15, 0.2) is 0 Å². The van der Waals surface area contributed by atoms with E-state index in [0.29, 0.717) is 18.4 Å². The Morgan fingerprint density at radius 3 is 2.33 bits per heavy atom. The molecule has 0 aliphatic heterocycles. The van der Waals surface area contributed by atoms with Crippen molar-refractivity contribution in [2.45, 2.75) is 30.8 Å². The average molecular weight is 358 g/mol. The zero-order valence-corrected chi connectivity index (χ0v) is 13.8. The van der Waals surface area contributed by atoms with Gasteiger partial charge in [-0.05, 0) is 43.5 Å². The Bertz CT molecular complexity index is 781. The van der Waals surface area contributed by atoms with Crippen LogP contribution in [0.2, 0.25) is 0 Å². The topological polar surface area (TPSA) is 43.4 Å². The van der Waals surface area contributed by atoms with E-state index in [1.807, 2.05) is 6.92 Å². The zero-order valence-electron chi connectivity index (χ0n) is 13.0. The Morgan fingerprint density at radius 1 is 1.04 bits per heavy atom. The molecule has 0 N–H and O–H groups in total. The fourth-order valence-electron chi connectivity index (χ4n) is 2.12. The van der Waals surface area contributed by atoms with Crippen LogP contribution >= 0.6 is 0 Å². The summed E-state index contributed by atoms with van der Waals surface area (Å²) < 4.78 is 66.7. The summed E-state index contributed by atoms with van der Waals surface area (Å²) in [5, 5.41) is 0. The summed E-state index contributed by atoms with van der Waals surface area (Å²) in [4.78, 5) is 0.0622. The van der Waals surface area contributed by atoms with E-state index in [-0.39, 0.29) is 11.5 Å². The fourth-order valence-corrected chi connectivity index (χ4v) is 3.06. The molecule has 24 heavy (non-hydrogen) atoms. The lowest BCUT2D eigenvalue weighted by molar-refractivity contribution is -0.137. The number of alkyl halides is 3. The molecule has 0 radical (unpaired) electrons. The van der Waals surface area contributed by atoms with E-state index in [2.05, 4.69) is 0 Å². The van der Waals surface area contributed by atoms with Gasteiger partial charge in [0, 0.05) is 0 Å². The number of hydrogen-bond acceptors (Lipinski definition) is 3. The van der Waals surface area contributed by atoms with Gasteiger partial charge in [-0.15, -0.1) is 0 Å². The first-order valence-corrected chi connectivity index (χ1v) is 8.71. The van der Waals surface area contributed by atoms with Gasteiger partial charge in [-0.25, -0.2) is 0 Å². The van der Waals surface area contributed by atoms with Crippen LogP contribution in [0.25, 0.3) is 0 Å². The van der Waals surface area contributed by atoms with Crippen molar-refractivity contribution in [2.24, 2.45) is 0 Å². The minimum absolute atomic E-state index is 0.0622. The van der Waals surface area contributed by atoms with E-state index in [9.17, 15) is 21.6 Å². The summed E-state index contributed by atoms with van der Waals surface area (Å²) in [6.45, 7) is 1.75. The molecule has 0 unspecified atom stereocenters. The molecular weight excluding hydrogens is 341 g/mol. The standard InChI is InChI=1S/C17H17F3O3S/c1-13-7-9-16(10-8-13)24(21,22)23-11-3-5-14-4-2-6-15(12-14)17(18,19)20/h2,4,6-10,12H,3,5,11H2,1H3. The molecule has 0 spiro atoms. The highest BCUT2D eigenvalue weighted by Crippen LogP contribution is 2.29. The molecule has 2 aromatic rings. The SMILES string of the molecule is Cc1ccc(S(=O)(=O)OCCCc2cccc(C(F)(F)F)c2)cc1. The Kier molecular flexibility index (Phi) is 5.66. The first kappa shape index (κ1) is 18.5. The molecule has 0 bridgehead atoms. The first-order chi connectivity index (χ1) is 11.2. The van der Waals surface area contributed by atoms with Crippen LogP contribution in [0.3, 0.4) is 0 Å². The van der Waals surface area contributed by atoms with E-state index in [1.54, 1.807) is 18.2 Å². The third kappa shape index (κ3) is 5.07. The predicted molar refractivity (Wildman–Crippen MR) is 84.1 cm³/mol. The van der Waals surface area contributed by atoms with Gasteiger partial charge >= 0.3 is 6.18 Å². The zero-order chi connectivity index (χ0) is 17.8. The maximum absolute atomic E-state index is 12.6. The molecule has 0 heterocycles. The molecule has 2 rings (SSSR count). The molecule has 3 nitrogen and oxygen atoms in total. The number of rotatable bonds is 6. The quantitative estimate of drug-likeness (QED) is 0.569. The van der Waals surface area contributed by atoms with Crippen molar-refractivity contribution in [3.05, 3.63) is 65.2 Å². The van der Waals surface area contributed by atoms with Gasteiger partial charge in [0.1, 0.15) is 0 Å². The van der Waals surface area contributed by atoms with Crippen LogP contribution < -0.4 is 0 Å². The van der Waals surface area contributed by atoms with E-state index >= 15 is 0 Å². The summed E-state index contributed by atoms with van der Waals surface area (Å²) in [5.74, 6) is 0. The molecule has 0 aliphatic rings. The molecule has 0 saturated heterocycles. The van der Waals surface area contributed by atoms with E-state index < -0.39 is 21.9 Å². The van der Waals surface area contributed by atoms with Crippen LogP contribution in [0.1, 0.15) is 23.1 Å². The molecule has 0 amide bonds. The van der Waals surface area contributed by atoms with Crippen molar-refractivity contribution < 1.29 is 25.8 Å². The van der Waals surface area contributed by atoms with Crippen molar-refractivity contribution in [1.82, 2.24) is 0 Å². The van der Waals surface area contributed by atoms with Gasteiger partial charge < -0.3 is 0 Å². The lowest BCUT2D eigenvalue weighted by Gasteiger charge is -2.09.